The molecule has 1 saturated heterocycles. The molecule has 2 aromatic rings. The second kappa shape index (κ2) is 12.9. The molecule has 2 aliphatic rings. The second-order valence-corrected chi connectivity index (χ2v) is 11.4. The number of methoxy groups -OCH3 is 1. The summed E-state index contributed by atoms with van der Waals surface area (Å²) >= 11 is 0. The van der Waals surface area contributed by atoms with Crippen LogP contribution < -0.4 is 20.1 Å². The molecule has 222 valence electrons. The molecule has 3 N–H and O–H groups in total. The smallest absolute Gasteiger partial charge is 0.254 e. The molecule has 0 unspecified atom stereocenters. The number of anilines is 1. The minimum Gasteiger partial charge on any atom is -0.494 e. The van der Waals surface area contributed by atoms with Crippen LogP contribution in [0.1, 0.15) is 65.1 Å². The molecule has 2 aromatic carbocycles. The van der Waals surface area contributed by atoms with E-state index in [9.17, 15) is 9.59 Å². The second-order valence-electron chi connectivity index (χ2n) is 11.4. The molecule has 0 radical (unpaired) electrons. The van der Waals surface area contributed by atoms with E-state index in [2.05, 4.69) is 36.3 Å². The van der Waals surface area contributed by atoms with Crippen LogP contribution in [0.3, 0.4) is 0 Å². The number of morpholine rings is 1. The molecule has 41 heavy (non-hydrogen) atoms. The number of carbonyl (C=O) groups excluding carboxylic acids is 2. The topological polar surface area (TPSA) is 116 Å². The van der Waals surface area contributed by atoms with Gasteiger partial charge < -0.3 is 29.7 Å². The Morgan fingerprint density at radius 3 is 2.49 bits per heavy atom. The zero-order chi connectivity index (χ0) is 29.7. The van der Waals surface area contributed by atoms with Gasteiger partial charge in [0, 0.05) is 56.5 Å². The van der Waals surface area contributed by atoms with E-state index in [0.29, 0.717) is 42.1 Å². The van der Waals surface area contributed by atoms with Gasteiger partial charge in [0.05, 0.1) is 44.7 Å². The van der Waals surface area contributed by atoms with Crippen molar-refractivity contribution >= 4 is 23.2 Å². The third-order valence-electron chi connectivity index (χ3n) is 7.51. The van der Waals surface area contributed by atoms with Gasteiger partial charge in [-0.2, -0.15) is 0 Å². The molecule has 0 saturated carbocycles. The summed E-state index contributed by atoms with van der Waals surface area (Å²) in [5.41, 5.74) is 3.90. The van der Waals surface area contributed by atoms with Gasteiger partial charge in [-0.15, -0.1) is 0 Å². The highest BCUT2D eigenvalue weighted by molar-refractivity contribution is 6.08. The average Bonchev–Trinajstić information content (AvgIpc) is 3.25. The van der Waals surface area contributed by atoms with Crippen molar-refractivity contribution in [1.82, 2.24) is 15.1 Å². The molecule has 2 heterocycles. The maximum atomic E-state index is 13.7. The molecule has 0 bridgehead atoms. The fraction of sp³-hybridized carbons (Fsp3) is 0.516. The van der Waals surface area contributed by atoms with Gasteiger partial charge in [0.25, 0.3) is 5.91 Å². The summed E-state index contributed by atoms with van der Waals surface area (Å²) in [7, 11) is 3.22. The van der Waals surface area contributed by atoms with Gasteiger partial charge in [0.1, 0.15) is 17.3 Å². The van der Waals surface area contributed by atoms with E-state index in [1.807, 2.05) is 25.1 Å². The van der Waals surface area contributed by atoms with Gasteiger partial charge in [-0.3, -0.25) is 19.9 Å². The first-order valence-corrected chi connectivity index (χ1v) is 14.2. The number of amides is 1. The van der Waals surface area contributed by atoms with Gasteiger partial charge in [0.15, 0.2) is 5.78 Å². The van der Waals surface area contributed by atoms with Gasteiger partial charge in [0.2, 0.25) is 0 Å². The minimum atomic E-state index is -0.278. The van der Waals surface area contributed by atoms with Crippen molar-refractivity contribution in [2.24, 2.45) is 0 Å². The van der Waals surface area contributed by atoms with Crippen molar-refractivity contribution in [3.8, 4) is 11.5 Å². The van der Waals surface area contributed by atoms with Gasteiger partial charge in [-0.05, 0) is 42.2 Å². The highest BCUT2D eigenvalue weighted by atomic mass is 16.5. The highest BCUT2D eigenvalue weighted by Gasteiger charge is 2.30. The fourth-order valence-corrected chi connectivity index (χ4v) is 5.29. The monoisotopic (exact) mass is 565 g/mol. The number of nitrogens with zero attached hydrogens (tertiary/aromatic N) is 2. The number of hydrogen-bond donors (Lipinski definition) is 3. The maximum absolute atomic E-state index is 13.7. The van der Waals surface area contributed by atoms with Gasteiger partial charge in [-0.1, -0.05) is 20.8 Å². The van der Waals surface area contributed by atoms with Crippen LogP contribution in [-0.4, -0.2) is 94.0 Å². The third kappa shape index (κ3) is 6.82. The van der Waals surface area contributed by atoms with Crippen molar-refractivity contribution in [1.29, 1.82) is 5.41 Å². The summed E-state index contributed by atoms with van der Waals surface area (Å²) < 4.78 is 17.0. The fourth-order valence-electron chi connectivity index (χ4n) is 5.29. The molecule has 1 amide bonds. The number of ether oxygens (including phenoxy) is 3. The number of hydrogen-bond acceptors (Lipinski definition) is 8. The zero-order valence-electron chi connectivity index (χ0n) is 25.1. The van der Waals surface area contributed by atoms with E-state index in [1.165, 1.54) is 0 Å². The van der Waals surface area contributed by atoms with Crippen molar-refractivity contribution in [2.75, 3.05) is 72.0 Å². The van der Waals surface area contributed by atoms with E-state index in [-0.39, 0.29) is 29.5 Å². The molecule has 1 fully saturated rings. The molecule has 4 rings (SSSR count). The number of rotatable bonds is 11. The Balaban J connectivity index is 1.57. The molecular weight excluding hydrogens is 522 g/mol. The predicted molar refractivity (Wildman–Crippen MR) is 160 cm³/mol. The van der Waals surface area contributed by atoms with Crippen LogP contribution in [-0.2, 0) is 16.7 Å². The number of nitrogens with one attached hydrogen (secondary N) is 3. The van der Waals surface area contributed by atoms with Crippen LogP contribution in [0.25, 0.3) is 0 Å². The number of ketones is 1. The van der Waals surface area contributed by atoms with Crippen LogP contribution in [0.4, 0.5) is 5.69 Å². The number of Topliss-reactive ketones (excluding diaryl/α,β-unsaturated/α-hetero) is 1. The number of carbonyl (C=O) groups is 2. The summed E-state index contributed by atoms with van der Waals surface area (Å²) in [4.78, 5) is 30.3. The number of amidine groups is 1. The van der Waals surface area contributed by atoms with Crippen molar-refractivity contribution in [2.45, 2.75) is 39.7 Å². The van der Waals surface area contributed by atoms with E-state index in [0.717, 1.165) is 55.4 Å². The highest BCUT2D eigenvalue weighted by Crippen LogP contribution is 2.39. The summed E-state index contributed by atoms with van der Waals surface area (Å²) in [6.07, 6.45) is 0. The lowest BCUT2D eigenvalue weighted by Gasteiger charge is -2.28. The zero-order valence-corrected chi connectivity index (χ0v) is 25.1. The van der Waals surface area contributed by atoms with E-state index in [1.54, 1.807) is 25.1 Å². The third-order valence-corrected chi connectivity index (χ3v) is 7.51. The molecule has 0 aliphatic carbocycles. The molecule has 2 aliphatic heterocycles. The Bertz CT molecular complexity index is 1300. The molecule has 0 atom stereocenters. The van der Waals surface area contributed by atoms with Crippen LogP contribution in [0.2, 0.25) is 0 Å². The Morgan fingerprint density at radius 2 is 1.85 bits per heavy atom. The van der Waals surface area contributed by atoms with E-state index >= 15 is 0 Å². The first-order chi connectivity index (χ1) is 19.6. The van der Waals surface area contributed by atoms with E-state index < -0.39 is 0 Å². The van der Waals surface area contributed by atoms with Crippen LogP contribution in [0.5, 0.6) is 11.5 Å². The predicted octanol–water partition coefficient (Wildman–Crippen LogP) is 3.52. The Hall–Kier alpha value is -3.63. The van der Waals surface area contributed by atoms with Crippen LogP contribution in [0, 0.1) is 5.41 Å². The normalized spacial score (nSPS) is 15.5. The van der Waals surface area contributed by atoms with Gasteiger partial charge >= 0.3 is 0 Å². The number of fused-ring (bicyclic) bond motifs is 1. The summed E-state index contributed by atoms with van der Waals surface area (Å²) in [6.45, 7) is 13.9. The lowest BCUT2D eigenvalue weighted by atomic mass is 9.84. The van der Waals surface area contributed by atoms with E-state index in [4.69, 9.17) is 19.6 Å². The largest absolute Gasteiger partial charge is 0.494 e. The summed E-state index contributed by atoms with van der Waals surface area (Å²) in [6, 6.07) is 7.27. The minimum absolute atomic E-state index is 0.0376. The quantitative estimate of drug-likeness (QED) is 0.355. The maximum Gasteiger partial charge on any atom is 0.254 e. The molecule has 0 spiro atoms. The SMILES string of the molecule is CCOc1cc2c(cc1C(=O)NC)C(=N)N(CC(=O)c1cc(NCCN3CCOCC3)c(OC)c(C(C)(C)C)c1)C2. The Kier molecular flexibility index (Phi) is 9.55. The van der Waals surface area contributed by atoms with Crippen LogP contribution in [0.15, 0.2) is 24.3 Å². The van der Waals surface area contributed by atoms with Crippen molar-refractivity contribution in [3.63, 3.8) is 0 Å². The lowest BCUT2D eigenvalue weighted by Crippen LogP contribution is -2.39. The molecule has 10 nitrogen and oxygen atoms in total. The van der Waals surface area contributed by atoms with Gasteiger partial charge in [-0.25, -0.2) is 0 Å². The molecule has 0 aromatic heterocycles. The Labute approximate surface area is 242 Å². The summed E-state index contributed by atoms with van der Waals surface area (Å²) in [5, 5.41) is 14.9. The lowest BCUT2D eigenvalue weighted by molar-refractivity contribution is 0.0398. The number of benzene rings is 2. The summed E-state index contributed by atoms with van der Waals surface area (Å²) in [5.74, 6) is 1.06. The molecule has 10 heteroatoms. The first kappa shape index (κ1) is 30.3. The Morgan fingerprint density at radius 1 is 1.12 bits per heavy atom. The molecular formula is C31H43N5O5. The van der Waals surface area contributed by atoms with Crippen LogP contribution >= 0.6 is 0 Å². The first-order valence-electron chi connectivity index (χ1n) is 14.2. The standard InChI is InChI=1S/C31H43N5O5/c1-7-41-27-16-21-18-36(29(32)22(21)17-23(27)30(38)33-5)19-26(37)20-14-24(31(2,3)4)28(39-6)25(15-20)34-8-9-35-10-12-40-13-11-35/h14-17,32,34H,7-13,18-19H2,1-6H3,(H,33,38). The average molecular weight is 566 g/mol. The van der Waals surface area contributed by atoms with Crippen molar-refractivity contribution < 1.29 is 23.8 Å². The van der Waals surface area contributed by atoms with Crippen molar-refractivity contribution in [3.05, 3.63) is 52.1 Å².